The molecule has 6 unspecified atom stereocenters. The summed E-state index contributed by atoms with van der Waals surface area (Å²) in [6.07, 6.45) is 2.51. The number of fused-ring (bicyclic) bond motifs is 1. The van der Waals surface area contributed by atoms with Crippen molar-refractivity contribution in [3.05, 3.63) is 0 Å². The van der Waals surface area contributed by atoms with E-state index in [1.54, 1.807) is 0 Å². The Morgan fingerprint density at radius 1 is 1.12 bits per heavy atom. The molecule has 2 aliphatic rings. The Hall–Kier alpha value is -0.160. The maximum atomic E-state index is 6.18. The van der Waals surface area contributed by atoms with E-state index in [1.807, 2.05) is 6.92 Å². The van der Waals surface area contributed by atoms with Gasteiger partial charge in [-0.05, 0) is 13.3 Å². The van der Waals surface area contributed by atoms with Gasteiger partial charge in [-0.2, -0.15) is 0 Å². The molecule has 0 saturated carbocycles. The summed E-state index contributed by atoms with van der Waals surface area (Å²) in [5, 5.41) is 0. The van der Waals surface area contributed by atoms with Gasteiger partial charge in [0.25, 0.3) is 0 Å². The van der Waals surface area contributed by atoms with Crippen LogP contribution in [0.5, 0.6) is 0 Å². The second-order valence-electron chi connectivity index (χ2n) is 5.24. The summed E-state index contributed by atoms with van der Waals surface area (Å²) in [5.41, 5.74) is 12.1. The molecule has 2 fully saturated rings. The summed E-state index contributed by atoms with van der Waals surface area (Å²) in [4.78, 5) is 0. The van der Waals surface area contributed by atoms with E-state index in [2.05, 4.69) is 6.92 Å². The molecule has 0 radical (unpaired) electrons. The lowest BCUT2D eigenvalue weighted by Gasteiger charge is -2.22. The Balaban J connectivity index is 1.97. The zero-order valence-electron chi connectivity index (χ0n) is 10.3. The molecule has 16 heavy (non-hydrogen) atoms. The van der Waals surface area contributed by atoms with Crippen molar-refractivity contribution in [1.29, 1.82) is 0 Å². The lowest BCUT2D eigenvalue weighted by molar-refractivity contribution is 0.0568. The van der Waals surface area contributed by atoms with Crippen LogP contribution in [0.3, 0.4) is 0 Å². The van der Waals surface area contributed by atoms with Crippen LogP contribution in [0.25, 0.3) is 0 Å². The lowest BCUT2D eigenvalue weighted by Crippen LogP contribution is -2.40. The first-order valence-electron chi connectivity index (χ1n) is 6.39. The highest BCUT2D eigenvalue weighted by Gasteiger charge is 2.49. The quantitative estimate of drug-likeness (QED) is 0.734. The predicted octanol–water partition coefficient (Wildman–Crippen LogP) is 0.491. The largest absolute Gasteiger partial charge is 0.375 e. The number of nitrogens with two attached hydrogens (primary N) is 2. The average Bonchev–Trinajstić information content (AvgIpc) is 2.76. The van der Waals surface area contributed by atoms with Crippen molar-refractivity contribution in [1.82, 2.24) is 0 Å². The Bertz CT molecular complexity index is 235. The van der Waals surface area contributed by atoms with E-state index in [1.165, 1.54) is 0 Å². The van der Waals surface area contributed by atoms with Crippen LogP contribution in [-0.2, 0) is 9.47 Å². The van der Waals surface area contributed by atoms with Gasteiger partial charge in [0.2, 0.25) is 0 Å². The lowest BCUT2D eigenvalue weighted by atomic mass is 9.87. The summed E-state index contributed by atoms with van der Waals surface area (Å²) in [6, 6.07) is 0.336. The van der Waals surface area contributed by atoms with Gasteiger partial charge in [0.15, 0.2) is 0 Å². The molecule has 0 aromatic heterocycles. The van der Waals surface area contributed by atoms with E-state index < -0.39 is 0 Å². The fourth-order valence-corrected chi connectivity index (χ4v) is 2.92. The molecular formula is C12H24N2O2. The van der Waals surface area contributed by atoms with E-state index in [4.69, 9.17) is 20.9 Å². The van der Waals surface area contributed by atoms with Crippen molar-refractivity contribution in [2.24, 2.45) is 23.3 Å². The molecular weight excluding hydrogens is 204 g/mol. The van der Waals surface area contributed by atoms with E-state index in [-0.39, 0.29) is 24.3 Å². The summed E-state index contributed by atoms with van der Waals surface area (Å²) < 4.78 is 11.7. The van der Waals surface area contributed by atoms with Crippen LogP contribution in [0.1, 0.15) is 26.7 Å². The predicted molar refractivity (Wildman–Crippen MR) is 63.0 cm³/mol. The van der Waals surface area contributed by atoms with Crippen molar-refractivity contribution in [3.8, 4) is 0 Å². The van der Waals surface area contributed by atoms with Crippen molar-refractivity contribution >= 4 is 0 Å². The number of ether oxygens (including phenoxy) is 2. The van der Waals surface area contributed by atoms with Gasteiger partial charge < -0.3 is 20.9 Å². The molecule has 0 spiro atoms. The monoisotopic (exact) mass is 228 g/mol. The van der Waals surface area contributed by atoms with Crippen LogP contribution in [0, 0.1) is 11.8 Å². The Kier molecular flexibility index (Phi) is 3.85. The van der Waals surface area contributed by atoms with E-state index in [0.717, 1.165) is 26.1 Å². The first-order chi connectivity index (χ1) is 7.65. The zero-order valence-corrected chi connectivity index (χ0v) is 10.3. The van der Waals surface area contributed by atoms with Gasteiger partial charge in [-0.1, -0.05) is 13.3 Å². The molecule has 2 saturated heterocycles. The molecule has 2 aliphatic heterocycles. The highest BCUT2D eigenvalue weighted by atomic mass is 16.6. The van der Waals surface area contributed by atoms with E-state index in [9.17, 15) is 0 Å². The third kappa shape index (κ3) is 2.12. The molecule has 6 atom stereocenters. The molecule has 0 aromatic rings. The summed E-state index contributed by atoms with van der Waals surface area (Å²) >= 11 is 0. The van der Waals surface area contributed by atoms with Gasteiger partial charge in [0.1, 0.15) is 0 Å². The maximum Gasteiger partial charge on any atom is 0.0905 e. The zero-order chi connectivity index (χ0) is 11.7. The van der Waals surface area contributed by atoms with Crippen molar-refractivity contribution in [2.45, 2.75) is 51.0 Å². The molecule has 0 aliphatic carbocycles. The minimum absolute atomic E-state index is 0.135. The molecule has 2 heterocycles. The first kappa shape index (κ1) is 12.3. The molecule has 4 nitrogen and oxygen atoms in total. The van der Waals surface area contributed by atoms with Gasteiger partial charge in [-0.15, -0.1) is 0 Å². The van der Waals surface area contributed by atoms with Crippen molar-refractivity contribution in [3.63, 3.8) is 0 Å². The number of hydrogen-bond acceptors (Lipinski definition) is 4. The number of rotatable bonds is 4. The molecule has 0 bridgehead atoms. The maximum absolute atomic E-state index is 6.18. The van der Waals surface area contributed by atoms with Gasteiger partial charge in [-0.25, -0.2) is 0 Å². The summed E-state index contributed by atoms with van der Waals surface area (Å²) in [6.45, 7) is 5.65. The second-order valence-corrected chi connectivity index (χ2v) is 5.24. The molecule has 94 valence electrons. The van der Waals surface area contributed by atoms with Crippen LogP contribution < -0.4 is 11.5 Å². The number of hydrogen-bond donors (Lipinski definition) is 2. The summed E-state index contributed by atoms with van der Waals surface area (Å²) in [5.74, 6) is 0.692. The standard InChI is InChI=1S/C12H24N2O2/c1-3-4-10(14)9-6-16-11-8(7(2)13)5-15-12(9)11/h7-12H,3-6,13-14H2,1-2H3. The Morgan fingerprint density at radius 3 is 2.25 bits per heavy atom. The van der Waals surface area contributed by atoms with Gasteiger partial charge >= 0.3 is 0 Å². The van der Waals surface area contributed by atoms with E-state index in [0.29, 0.717) is 11.8 Å². The van der Waals surface area contributed by atoms with Crippen LogP contribution in [0.15, 0.2) is 0 Å². The molecule has 4 heteroatoms. The molecule has 0 aromatic carbocycles. The highest BCUT2D eigenvalue weighted by Crippen LogP contribution is 2.37. The van der Waals surface area contributed by atoms with E-state index >= 15 is 0 Å². The molecule has 4 N–H and O–H groups in total. The molecule has 2 rings (SSSR count). The normalized spacial score (nSPS) is 42.0. The minimum atomic E-state index is 0.135. The van der Waals surface area contributed by atoms with Crippen LogP contribution in [-0.4, -0.2) is 37.5 Å². The Labute approximate surface area is 97.6 Å². The van der Waals surface area contributed by atoms with Crippen LogP contribution in [0.4, 0.5) is 0 Å². The fourth-order valence-electron chi connectivity index (χ4n) is 2.92. The van der Waals surface area contributed by atoms with Crippen molar-refractivity contribution < 1.29 is 9.47 Å². The highest BCUT2D eigenvalue weighted by molar-refractivity contribution is 4.99. The van der Waals surface area contributed by atoms with Gasteiger partial charge in [-0.3, -0.25) is 0 Å². The first-order valence-corrected chi connectivity index (χ1v) is 6.39. The average molecular weight is 228 g/mol. The third-order valence-corrected chi connectivity index (χ3v) is 3.98. The van der Waals surface area contributed by atoms with Gasteiger partial charge in [0, 0.05) is 23.9 Å². The van der Waals surface area contributed by atoms with Crippen LogP contribution in [0.2, 0.25) is 0 Å². The fraction of sp³-hybridized carbons (Fsp3) is 1.00. The third-order valence-electron chi connectivity index (χ3n) is 3.98. The molecule has 0 amide bonds. The Morgan fingerprint density at radius 2 is 1.69 bits per heavy atom. The smallest absolute Gasteiger partial charge is 0.0905 e. The second kappa shape index (κ2) is 5.00. The SMILES string of the molecule is CCCC(N)C1COC2C(C(C)N)COC12. The van der Waals surface area contributed by atoms with Gasteiger partial charge in [0.05, 0.1) is 25.4 Å². The summed E-state index contributed by atoms with van der Waals surface area (Å²) in [7, 11) is 0. The minimum Gasteiger partial charge on any atom is -0.375 e. The topological polar surface area (TPSA) is 70.5 Å². The van der Waals surface area contributed by atoms with Crippen LogP contribution >= 0.6 is 0 Å². The van der Waals surface area contributed by atoms with Crippen molar-refractivity contribution in [2.75, 3.05) is 13.2 Å².